The Balaban J connectivity index is 1.77. The van der Waals surface area contributed by atoms with Crippen LogP contribution in [-0.4, -0.2) is 55.6 Å². The molecule has 138 valence electrons. The van der Waals surface area contributed by atoms with Gasteiger partial charge in [-0.3, -0.25) is 4.99 Å². The van der Waals surface area contributed by atoms with E-state index in [0.717, 1.165) is 56.0 Å². The predicted octanol–water partition coefficient (Wildman–Crippen LogP) is 2.75. The van der Waals surface area contributed by atoms with E-state index < -0.39 is 0 Å². The summed E-state index contributed by atoms with van der Waals surface area (Å²) in [5.41, 5.74) is 2.02. The summed E-state index contributed by atoms with van der Waals surface area (Å²) in [7, 11) is 1.79. The van der Waals surface area contributed by atoms with Crippen molar-refractivity contribution in [2.24, 2.45) is 4.99 Å². The molecule has 25 heavy (non-hydrogen) atoms. The smallest absolute Gasteiger partial charge is 0.191 e. The first kappa shape index (κ1) is 19.2. The second kappa shape index (κ2) is 10.0. The molecule has 0 unspecified atom stereocenters. The molecule has 0 aliphatic heterocycles. The van der Waals surface area contributed by atoms with Gasteiger partial charge in [0.05, 0.1) is 0 Å². The molecule has 0 atom stereocenters. The second-order valence-corrected chi connectivity index (χ2v) is 6.11. The van der Waals surface area contributed by atoms with Crippen molar-refractivity contribution in [3.8, 4) is 0 Å². The highest BCUT2D eigenvalue weighted by Crippen LogP contribution is 2.19. The first-order valence-corrected chi connectivity index (χ1v) is 9.10. The summed E-state index contributed by atoms with van der Waals surface area (Å²) >= 11 is 0. The van der Waals surface area contributed by atoms with Gasteiger partial charge in [-0.2, -0.15) is 0 Å². The Labute approximate surface area is 149 Å². The molecule has 3 N–H and O–H groups in total. The molecule has 2 aromatic rings. The minimum Gasteiger partial charge on any atom is -0.361 e. The highest BCUT2D eigenvalue weighted by Gasteiger charge is 2.06. The van der Waals surface area contributed by atoms with Crippen LogP contribution in [0.4, 0.5) is 4.39 Å². The van der Waals surface area contributed by atoms with Gasteiger partial charge in [-0.15, -0.1) is 0 Å². The molecule has 6 heteroatoms. The van der Waals surface area contributed by atoms with Crippen LogP contribution in [0.15, 0.2) is 29.4 Å². The maximum atomic E-state index is 13.2. The predicted molar refractivity (Wildman–Crippen MR) is 104 cm³/mol. The molecular formula is C19H30FN5. The maximum Gasteiger partial charge on any atom is 0.191 e. The quantitative estimate of drug-likeness (QED) is 0.483. The standard InChI is InChI=1S/C19H30FN5/c1-4-11-25(5-2)12-10-23-19(21-3)22-9-8-15-14-24-18-13-16(20)6-7-17(15)18/h6-7,13-14,24H,4-5,8-12H2,1-3H3,(H2,21,22,23). The second-order valence-electron chi connectivity index (χ2n) is 6.11. The largest absolute Gasteiger partial charge is 0.361 e. The number of hydrogen-bond acceptors (Lipinski definition) is 2. The zero-order chi connectivity index (χ0) is 18.1. The van der Waals surface area contributed by atoms with Gasteiger partial charge in [-0.25, -0.2) is 4.39 Å². The summed E-state index contributed by atoms with van der Waals surface area (Å²) in [6.07, 6.45) is 3.98. The molecule has 0 fully saturated rings. The van der Waals surface area contributed by atoms with Crippen LogP contribution >= 0.6 is 0 Å². The first-order chi connectivity index (χ1) is 12.2. The van der Waals surface area contributed by atoms with Crippen LogP contribution in [0.1, 0.15) is 25.8 Å². The molecule has 0 saturated heterocycles. The summed E-state index contributed by atoms with van der Waals surface area (Å²) in [5.74, 6) is 0.603. The lowest BCUT2D eigenvalue weighted by molar-refractivity contribution is 0.293. The number of H-pyrrole nitrogens is 1. The molecule has 0 spiro atoms. The zero-order valence-electron chi connectivity index (χ0n) is 15.5. The lowest BCUT2D eigenvalue weighted by atomic mass is 10.1. The van der Waals surface area contributed by atoms with E-state index >= 15 is 0 Å². The van der Waals surface area contributed by atoms with Crippen LogP contribution in [0.2, 0.25) is 0 Å². The summed E-state index contributed by atoms with van der Waals surface area (Å²) < 4.78 is 13.2. The third-order valence-corrected chi connectivity index (χ3v) is 4.35. The number of aromatic amines is 1. The highest BCUT2D eigenvalue weighted by atomic mass is 19.1. The van der Waals surface area contributed by atoms with Gasteiger partial charge in [-0.1, -0.05) is 13.8 Å². The molecule has 0 aliphatic carbocycles. The van der Waals surface area contributed by atoms with E-state index in [-0.39, 0.29) is 5.82 Å². The third-order valence-electron chi connectivity index (χ3n) is 4.35. The first-order valence-electron chi connectivity index (χ1n) is 9.10. The molecule has 0 amide bonds. The molecule has 0 bridgehead atoms. The number of guanidine groups is 1. The van der Waals surface area contributed by atoms with Gasteiger partial charge < -0.3 is 20.5 Å². The number of nitrogens with zero attached hydrogens (tertiary/aromatic N) is 2. The monoisotopic (exact) mass is 347 g/mol. The van der Waals surface area contributed by atoms with Gasteiger partial charge in [0.2, 0.25) is 0 Å². The molecule has 1 heterocycles. The minimum atomic E-state index is -0.215. The van der Waals surface area contributed by atoms with E-state index in [0.29, 0.717) is 0 Å². The zero-order valence-corrected chi connectivity index (χ0v) is 15.5. The van der Waals surface area contributed by atoms with Gasteiger partial charge in [-0.05, 0) is 49.7 Å². The normalized spacial score (nSPS) is 12.1. The van der Waals surface area contributed by atoms with E-state index in [4.69, 9.17) is 0 Å². The summed E-state index contributed by atoms with van der Waals surface area (Å²) in [6.45, 7) is 9.26. The van der Waals surface area contributed by atoms with Crippen molar-refractivity contribution < 1.29 is 4.39 Å². The Hall–Kier alpha value is -2.08. The van der Waals surface area contributed by atoms with Crippen molar-refractivity contribution in [2.45, 2.75) is 26.7 Å². The van der Waals surface area contributed by atoms with Crippen LogP contribution in [0.5, 0.6) is 0 Å². The van der Waals surface area contributed by atoms with Crippen LogP contribution in [0, 0.1) is 5.82 Å². The summed E-state index contributed by atoms with van der Waals surface area (Å²) in [6, 6.07) is 4.86. The van der Waals surface area contributed by atoms with E-state index in [9.17, 15) is 4.39 Å². The lowest BCUT2D eigenvalue weighted by Gasteiger charge is -2.20. The number of aliphatic imine (C=N–C) groups is 1. The summed E-state index contributed by atoms with van der Waals surface area (Å²) in [4.78, 5) is 9.82. The fourth-order valence-electron chi connectivity index (χ4n) is 2.98. The van der Waals surface area contributed by atoms with Gasteiger partial charge in [0, 0.05) is 43.8 Å². The van der Waals surface area contributed by atoms with E-state index in [1.165, 1.54) is 24.1 Å². The Bertz CT molecular complexity index is 680. The minimum absolute atomic E-state index is 0.215. The van der Waals surface area contributed by atoms with E-state index in [1.54, 1.807) is 7.05 Å². The number of rotatable bonds is 9. The van der Waals surface area contributed by atoms with Crippen LogP contribution in [-0.2, 0) is 6.42 Å². The number of likely N-dealkylation sites (N-methyl/N-ethyl adjacent to an activating group) is 1. The lowest BCUT2D eigenvalue weighted by Crippen LogP contribution is -2.42. The van der Waals surface area contributed by atoms with Gasteiger partial charge in [0.15, 0.2) is 5.96 Å². The Kier molecular flexibility index (Phi) is 7.73. The van der Waals surface area contributed by atoms with E-state index in [1.807, 2.05) is 12.3 Å². The Morgan fingerprint density at radius 1 is 1.20 bits per heavy atom. The molecule has 5 nitrogen and oxygen atoms in total. The molecule has 0 radical (unpaired) electrons. The van der Waals surface area contributed by atoms with Crippen molar-refractivity contribution in [3.05, 3.63) is 35.8 Å². The van der Waals surface area contributed by atoms with E-state index in [2.05, 4.69) is 39.4 Å². The fourth-order valence-corrected chi connectivity index (χ4v) is 2.98. The topological polar surface area (TPSA) is 55.4 Å². The number of halogens is 1. The maximum absolute atomic E-state index is 13.2. The fraction of sp³-hybridized carbons (Fsp3) is 0.526. The Morgan fingerprint density at radius 2 is 2.00 bits per heavy atom. The van der Waals surface area contributed by atoms with Crippen molar-refractivity contribution in [2.75, 3.05) is 39.8 Å². The number of nitrogens with one attached hydrogen (secondary N) is 3. The molecule has 1 aromatic carbocycles. The number of aromatic nitrogens is 1. The summed E-state index contributed by atoms with van der Waals surface area (Å²) in [5, 5.41) is 7.77. The number of fused-ring (bicyclic) bond motifs is 1. The average Bonchev–Trinajstić information content (AvgIpc) is 3.01. The highest BCUT2D eigenvalue weighted by molar-refractivity contribution is 5.83. The molecule has 0 saturated carbocycles. The Morgan fingerprint density at radius 3 is 2.72 bits per heavy atom. The number of benzene rings is 1. The molecular weight excluding hydrogens is 317 g/mol. The number of hydrogen-bond donors (Lipinski definition) is 3. The SMILES string of the molecule is CCCN(CC)CCNC(=NC)NCCc1c[nH]c2cc(F)ccc12. The third kappa shape index (κ3) is 5.74. The van der Waals surface area contributed by atoms with Gasteiger partial charge in [0.25, 0.3) is 0 Å². The van der Waals surface area contributed by atoms with Crippen LogP contribution in [0.3, 0.4) is 0 Å². The molecule has 2 rings (SSSR count). The van der Waals surface area contributed by atoms with Crippen molar-refractivity contribution in [1.29, 1.82) is 0 Å². The molecule has 0 aliphatic rings. The van der Waals surface area contributed by atoms with Crippen molar-refractivity contribution >= 4 is 16.9 Å². The van der Waals surface area contributed by atoms with Gasteiger partial charge in [0.1, 0.15) is 5.82 Å². The van der Waals surface area contributed by atoms with Crippen molar-refractivity contribution in [3.63, 3.8) is 0 Å². The van der Waals surface area contributed by atoms with Crippen molar-refractivity contribution in [1.82, 2.24) is 20.5 Å². The molecule has 1 aromatic heterocycles. The van der Waals surface area contributed by atoms with Crippen LogP contribution < -0.4 is 10.6 Å². The average molecular weight is 347 g/mol. The van der Waals surface area contributed by atoms with Crippen LogP contribution in [0.25, 0.3) is 10.9 Å². The van der Waals surface area contributed by atoms with Gasteiger partial charge >= 0.3 is 0 Å².